The van der Waals surface area contributed by atoms with Crippen LogP contribution in [0.2, 0.25) is 0 Å². The number of ketones is 2. The molecule has 5 amide bonds. The first-order valence-corrected chi connectivity index (χ1v) is 17.6. The van der Waals surface area contributed by atoms with E-state index in [0.29, 0.717) is 25.8 Å². The van der Waals surface area contributed by atoms with E-state index in [1.54, 1.807) is 11.0 Å². The fraction of sp³-hybridized carbons (Fsp3) is 0.778. The summed E-state index contributed by atoms with van der Waals surface area (Å²) in [7, 11) is 0. The molecule has 264 valence electrons. The second kappa shape index (κ2) is 16.2. The van der Waals surface area contributed by atoms with Crippen molar-refractivity contribution in [3.05, 3.63) is 12.7 Å². The van der Waals surface area contributed by atoms with E-state index in [1.165, 1.54) is 0 Å². The number of piperidine rings is 1. The molecule has 0 aromatic carbocycles. The minimum atomic E-state index is -1.09. The van der Waals surface area contributed by atoms with Crippen LogP contribution in [0.15, 0.2) is 12.7 Å². The summed E-state index contributed by atoms with van der Waals surface area (Å²) in [4.78, 5) is 81.4. The van der Waals surface area contributed by atoms with Gasteiger partial charge in [0, 0.05) is 31.5 Å². The SMILES string of the molecule is C=CCCCC(NC(=O)[C@@H]1C2[C@H](CN1C(=O)[C@@H](NC(=O)NC(C)(C)C)C1CCCCC1)C2(C)C)C(=O)C(=O)NCCC(=O)CC(C)C. The number of urea groups is 1. The van der Waals surface area contributed by atoms with Crippen LogP contribution in [0.3, 0.4) is 0 Å². The standard InChI is InChI=1S/C36H59N5O6/c1-9-10-12-17-26(30(43)32(45)37-19-18-24(42)20-22(2)3)38-31(44)29-27-25(36(27,7)8)21-41(29)33(46)28(23-15-13-11-14-16-23)39-34(47)40-35(4,5)6/h9,22-23,25-29H,1,10-21H2,2-8H3,(H,37,45)(H,38,44)(H2,39,40,47)/t25-,26?,27?,28-,29-/m0/s1. The number of Topliss-reactive ketones (excluding diaryl/α,β-unsaturated/α-hetero) is 2. The summed E-state index contributed by atoms with van der Waals surface area (Å²) in [6.45, 7) is 17.8. The molecule has 11 heteroatoms. The Morgan fingerprint density at radius 1 is 1.00 bits per heavy atom. The molecule has 0 bridgehead atoms. The lowest BCUT2D eigenvalue weighted by molar-refractivity contribution is -0.145. The number of carbonyl (C=O) groups is 6. The Labute approximate surface area is 281 Å². The van der Waals surface area contributed by atoms with Gasteiger partial charge in [-0.2, -0.15) is 0 Å². The van der Waals surface area contributed by atoms with Gasteiger partial charge in [-0.25, -0.2) is 4.79 Å². The van der Waals surface area contributed by atoms with Gasteiger partial charge in [-0.05, 0) is 82.0 Å². The van der Waals surface area contributed by atoms with E-state index in [2.05, 4.69) is 41.7 Å². The second-order valence-electron chi connectivity index (χ2n) is 15.9. The highest BCUT2D eigenvalue weighted by molar-refractivity contribution is 6.38. The lowest BCUT2D eigenvalue weighted by Crippen LogP contribution is -2.61. The molecule has 0 spiro atoms. The first-order chi connectivity index (χ1) is 22.0. The number of likely N-dealkylation sites (tertiary alicyclic amines) is 1. The summed E-state index contributed by atoms with van der Waals surface area (Å²) in [5.41, 5.74) is -0.659. The highest BCUT2D eigenvalue weighted by Crippen LogP contribution is 2.65. The van der Waals surface area contributed by atoms with Crippen LogP contribution in [0.1, 0.15) is 113 Å². The molecule has 4 N–H and O–H groups in total. The molecular weight excluding hydrogens is 598 g/mol. The third kappa shape index (κ3) is 10.4. The molecule has 0 aromatic heterocycles. The zero-order valence-corrected chi connectivity index (χ0v) is 29.7. The van der Waals surface area contributed by atoms with Gasteiger partial charge in [-0.3, -0.25) is 24.0 Å². The summed E-state index contributed by atoms with van der Waals surface area (Å²) in [5.74, 6) is -2.18. The summed E-state index contributed by atoms with van der Waals surface area (Å²) in [5, 5.41) is 11.3. The molecule has 0 radical (unpaired) electrons. The Balaban J connectivity index is 1.79. The van der Waals surface area contributed by atoms with Crippen LogP contribution < -0.4 is 21.3 Å². The molecule has 1 saturated heterocycles. The number of allylic oxidation sites excluding steroid dienone is 1. The zero-order valence-electron chi connectivity index (χ0n) is 29.7. The van der Waals surface area contributed by atoms with E-state index in [-0.39, 0.29) is 60.2 Å². The summed E-state index contributed by atoms with van der Waals surface area (Å²) < 4.78 is 0. The van der Waals surface area contributed by atoms with Gasteiger partial charge in [0.1, 0.15) is 17.9 Å². The molecule has 1 heterocycles. The molecule has 2 saturated carbocycles. The number of nitrogens with one attached hydrogen (secondary N) is 4. The lowest BCUT2D eigenvalue weighted by Gasteiger charge is -2.37. The van der Waals surface area contributed by atoms with Crippen molar-refractivity contribution in [3.8, 4) is 0 Å². The molecule has 5 atom stereocenters. The van der Waals surface area contributed by atoms with Gasteiger partial charge in [0.25, 0.3) is 5.91 Å². The Morgan fingerprint density at radius 2 is 1.66 bits per heavy atom. The van der Waals surface area contributed by atoms with Gasteiger partial charge >= 0.3 is 6.03 Å². The predicted molar refractivity (Wildman–Crippen MR) is 181 cm³/mol. The summed E-state index contributed by atoms with van der Waals surface area (Å²) >= 11 is 0. The molecular formula is C36H59N5O6. The summed E-state index contributed by atoms with van der Waals surface area (Å²) in [6, 6.07) is -3.11. The van der Waals surface area contributed by atoms with Crippen molar-refractivity contribution in [1.29, 1.82) is 0 Å². The number of hydrogen-bond donors (Lipinski definition) is 4. The maximum atomic E-state index is 14.4. The maximum Gasteiger partial charge on any atom is 0.315 e. The van der Waals surface area contributed by atoms with Gasteiger partial charge in [0.2, 0.25) is 17.6 Å². The minimum Gasteiger partial charge on any atom is -0.349 e. The minimum absolute atomic E-state index is 0.00749. The fourth-order valence-corrected chi connectivity index (χ4v) is 7.47. The Bertz CT molecular complexity index is 1180. The van der Waals surface area contributed by atoms with Crippen LogP contribution in [0, 0.1) is 29.1 Å². The quantitative estimate of drug-likeness (QED) is 0.112. The third-order valence-corrected chi connectivity index (χ3v) is 10.0. The van der Waals surface area contributed by atoms with Gasteiger partial charge < -0.3 is 26.2 Å². The smallest absolute Gasteiger partial charge is 0.315 e. The van der Waals surface area contributed by atoms with Crippen LogP contribution in [0.25, 0.3) is 0 Å². The molecule has 0 aromatic rings. The summed E-state index contributed by atoms with van der Waals surface area (Å²) in [6.07, 6.45) is 8.26. The van der Waals surface area contributed by atoms with Crippen molar-refractivity contribution in [2.24, 2.45) is 29.1 Å². The van der Waals surface area contributed by atoms with E-state index in [9.17, 15) is 28.8 Å². The topological polar surface area (TPSA) is 154 Å². The molecule has 1 aliphatic heterocycles. The molecule has 3 rings (SSSR count). The van der Waals surface area contributed by atoms with Gasteiger partial charge in [-0.1, -0.05) is 53.0 Å². The molecule has 3 aliphatic rings. The van der Waals surface area contributed by atoms with Gasteiger partial charge in [0.05, 0.1) is 6.04 Å². The van der Waals surface area contributed by atoms with Crippen LogP contribution in [-0.2, 0) is 24.0 Å². The van der Waals surface area contributed by atoms with E-state index < -0.39 is 47.3 Å². The number of amides is 5. The number of hydrogen-bond acceptors (Lipinski definition) is 6. The molecule has 11 nitrogen and oxygen atoms in total. The molecule has 2 aliphatic carbocycles. The normalized spacial score (nSPS) is 23.2. The monoisotopic (exact) mass is 657 g/mol. The predicted octanol–water partition coefficient (Wildman–Crippen LogP) is 4.05. The lowest BCUT2D eigenvalue weighted by atomic mass is 9.83. The van der Waals surface area contributed by atoms with Crippen molar-refractivity contribution in [2.45, 2.75) is 136 Å². The molecule has 47 heavy (non-hydrogen) atoms. The first-order valence-electron chi connectivity index (χ1n) is 17.6. The van der Waals surface area contributed by atoms with Crippen LogP contribution in [-0.4, -0.2) is 77.0 Å². The van der Waals surface area contributed by atoms with Crippen molar-refractivity contribution >= 4 is 35.3 Å². The van der Waals surface area contributed by atoms with Crippen LogP contribution >= 0.6 is 0 Å². The van der Waals surface area contributed by atoms with Crippen LogP contribution in [0.5, 0.6) is 0 Å². The average molecular weight is 658 g/mol. The van der Waals surface area contributed by atoms with E-state index in [0.717, 1.165) is 32.1 Å². The number of nitrogens with zero attached hydrogens (tertiary/aromatic N) is 1. The zero-order chi connectivity index (χ0) is 35.1. The van der Waals surface area contributed by atoms with Crippen molar-refractivity contribution in [2.75, 3.05) is 13.1 Å². The maximum absolute atomic E-state index is 14.4. The number of rotatable bonds is 16. The highest BCUT2D eigenvalue weighted by atomic mass is 16.2. The number of carbonyl (C=O) groups excluding carboxylic acids is 6. The average Bonchev–Trinajstić information content (AvgIpc) is 3.29. The Morgan fingerprint density at radius 3 is 2.26 bits per heavy atom. The van der Waals surface area contributed by atoms with Gasteiger partial charge in [0.15, 0.2) is 0 Å². The van der Waals surface area contributed by atoms with Crippen molar-refractivity contribution < 1.29 is 28.8 Å². The van der Waals surface area contributed by atoms with E-state index in [4.69, 9.17) is 0 Å². The number of unbranched alkanes of at least 4 members (excludes halogenated alkanes) is 1. The molecule has 2 unspecified atom stereocenters. The largest absolute Gasteiger partial charge is 0.349 e. The van der Waals surface area contributed by atoms with Crippen LogP contribution in [0.4, 0.5) is 4.79 Å². The highest BCUT2D eigenvalue weighted by Gasteiger charge is 2.69. The molecule has 3 fully saturated rings. The Hall–Kier alpha value is -3.24. The second-order valence-corrected chi connectivity index (χ2v) is 15.9. The van der Waals surface area contributed by atoms with Gasteiger partial charge in [-0.15, -0.1) is 6.58 Å². The van der Waals surface area contributed by atoms with Crippen molar-refractivity contribution in [1.82, 2.24) is 26.2 Å². The van der Waals surface area contributed by atoms with Crippen molar-refractivity contribution in [3.63, 3.8) is 0 Å². The van der Waals surface area contributed by atoms with E-state index >= 15 is 0 Å². The first kappa shape index (κ1) is 38.2. The number of fused-ring (bicyclic) bond motifs is 1. The van der Waals surface area contributed by atoms with E-state index in [1.807, 2.05) is 34.6 Å². The third-order valence-electron chi connectivity index (χ3n) is 10.0. The fourth-order valence-electron chi connectivity index (χ4n) is 7.47. The Kier molecular flexibility index (Phi) is 13.2.